The summed E-state index contributed by atoms with van der Waals surface area (Å²) in [7, 11) is 0. The number of aliphatic hydroxyl groups is 1. The molecule has 0 aromatic carbocycles. The highest BCUT2D eigenvalue weighted by molar-refractivity contribution is 7.09. The minimum Gasteiger partial charge on any atom is -0.389 e. The Hall–Kier alpha value is -0.450. The van der Waals surface area contributed by atoms with Gasteiger partial charge in [0.2, 0.25) is 0 Å². The van der Waals surface area contributed by atoms with Gasteiger partial charge in [-0.2, -0.15) is 0 Å². The van der Waals surface area contributed by atoms with Gasteiger partial charge in [-0.15, -0.1) is 11.3 Å². The van der Waals surface area contributed by atoms with Crippen molar-refractivity contribution < 1.29 is 5.11 Å². The number of nitrogens with one attached hydrogen (secondary N) is 1. The first-order valence-electron chi connectivity index (χ1n) is 5.54. The number of thiazole rings is 1. The highest BCUT2D eigenvalue weighted by atomic mass is 32.1. The number of hydrogen-bond acceptors (Lipinski definition) is 4. The van der Waals surface area contributed by atoms with Gasteiger partial charge >= 0.3 is 0 Å². The summed E-state index contributed by atoms with van der Waals surface area (Å²) in [5.41, 5.74) is 1.39. The minimum absolute atomic E-state index is 0.294. The van der Waals surface area contributed by atoms with E-state index in [0.717, 1.165) is 25.7 Å². The molecule has 84 valence electrons. The molecule has 0 bridgehead atoms. The van der Waals surface area contributed by atoms with E-state index < -0.39 is 5.60 Å². The van der Waals surface area contributed by atoms with Gasteiger partial charge in [-0.05, 0) is 19.8 Å². The summed E-state index contributed by atoms with van der Waals surface area (Å²) in [5.74, 6) is 0. The molecule has 1 saturated carbocycles. The van der Waals surface area contributed by atoms with Crippen LogP contribution in [-0.4, -0.2) is 22.2 Å². The molecule has 0 radical (unpaired) electrons. The fourth-order valence-electron chi connectivity index (χ4n) is 2.09. The Morgan fingerprint density at radius 1 is 1.60 bits per heavy atom. The molecule has 2 N–H and O–H groups in total. The van der Waals surface area contributed by atoms with E-state index in [0.29, 0.717) is 12.6 Å². The van der Waals surface area contributed by atoms with Gasteiger partial charge in [-0.25, -0.2) is 0 Å². The van der Waals surface area contributed by atoms with Crippen LogP contribution in [0.5, 0.6) is 0 Å². The standard InChI is InChI=1S/C11H18N2OS/c1-9(10-6-12-8-15-10)13-7-11(14)4-2-3-5-11/h6,8-9,13-14H,2-5,7H2,1H3. The minimum atomic E-state index is -0.459. The van der Waals surface area contributed by atoms with E-state index in [4.69, 9.17) is 0 Å². The first kappa shape index (κ1) is 11.0. The van der Waals surface area contributed by atoms with Crippen LogP contribution in [0.25, 0.3) is 0 Å². The zero-order valence-electron chi connectivity index (χ0n) is 9.07. The fourth-order valence-corrected chi connectivity index (χ4v) is 2.75. The lowest BCUT2D eigenvalue weighted by Gasteiger charge is -2.24. The van der Waals surface area contributed by atoms with Crippen molar-refractivity contribution in [3.05, 3.63) is 16.6 Å². The molecule has 1 aliphatic carbocycles. The Morgan fingerprint density at radius 2 is 2.33 bits per heavy atom. The Morgan fingerprint density at radius 3 is 2.93 bits per heavy atom. The quantitative estimate of drug-likeness (QED) is 0.826. The molecule has 0 aliphatic heterocycles. The summed E-state index contributed by atoms with van der Waals surface area (Å²) < 4.78 is 0. The molecule has 1 aliphatic rings. The van der Waals surface area contributed by atoms with Gasteiger partial charge in [-0.3, -0.25) is 4.98 Å². The van der Waals surface area contributed by atoms with E-state index in [1.165, 1.54) is 4.88 Å². The number of nitrogens with zero attached hydrogens (tertiary/aromatic N) is 1. The van der Waals surface area contributed by atoms with Crippen molar-refractivity contribution in [2.75, 3.05) is 6.54 Å². The lowest BCUT2D eigenvalue weighted by atomic mass is 10.0. The zero-order chi connectivity index (χ0) is 10.7. The molecule has 15 heavy (non-hydrogen) atoms. The van der Waals surface area contributed by atoms with Gasteiger partial charge in [0.15, 0.2) is 0 Å². The van der Waals surface area contributed by atoms with Crippen LogP contribution >= 0.6 is 11.3 Å². The van der Waals surface area contributed by atoms with Crippen LogP contribution in [0.3, 0.4) is 0 Å². The van der Waals surface area contributed by atoms with E-state index in [-0.39, 0.29) is 0 Å². The van der Waals surface area contributed by atoms with Crippen LogP contribution in [0, 0.1) is 0 Å². The van der Waals surface area contributed by atoms with Crippen LogP contribution in [-0.2, 0) is 0 Å². The predicted octanol–water partition coefficient (Wildman–Crippen LogP) is 2.10. The second-order valence-corrected chi connectivity index (χ2v) is 5.36. The molecule has 0 spiro atoms. The summed E-state index contributed by atoms with van der Waals surface area (Å²) >= 11 is 1.66. The first-order chi connectivity index (χ1) is 7.20. The Balaban J connectivity index is 1.83. The van der Waals surface area contributed by atoms with E-state index in [2.05, 4.69) is 17.2 Å². The Kier molecular flexibility index (Phi) is 3.38. The predicted molar refractivity (Wildman–Crippen MR) is 61.9 cm³/mol. The molecule has 0 saturated heterocycles. The van der Waals surface area contributed by atoms with Gasteiger partial charge in [0.05, 0.1) is 11.1 Å². The third kappa shape index (κ3) is 2.77. The molecule has 1 heterocycles. The van der Waals surface area contributed by atoms with Gasteiger partial charge < -0.3 is 10.4 Å². The molecule has 0 amide bonds. The van der Waals surface area contributed by atoms with E-state index in [9.17, 15) is 5.11 Å². The SMILES string of the molecule is CC(NCC1(O)CCCC1)c1cncs1. The molecular weight excluding hydrogens is 208 g/mol. The van der Waals surface area contributed by atoms with Crippen LogP contribution in [0.15, 0.2) is 11.7 Å². The molecule has 1 aromatic rings. The van der Waals surface area contributed by atoms with Crippen molar-refractivity contribution >= 4 is 11.3 Å². The van der Waals surface area contributed by atoms with Crippen molar-refractivity contribution in [2.24, 2.45) is 0 Å². The molecule has 3 nitrogen and oxygen atoms in total. The summed E-state index contributed by atoms with van der Waals surface area (Å²) in [6.45, 7) is 2.82. The highest BCUT2D eigenvalue weighted by Gasteiger charge is 2.31. The highest BCUT2D eigenvalue weighted by Crippen LogP contribution is 2.29. The van der Waals surface area contributed by atoms with E-state index >= 15 is 0 Å². The summed E-state index contributed by atoms with van der Waals surface area (Å²) in [6, 6.07) is 0.294. The van der Waals surface area contributed by atoms with Gasteiger partial charge in [0.25, 0.3) is 0 Å². The third-order valence-electron chi connectivity index (χ3n) is 3.15. The van der Waals surface area contributed by atoms with Crippen molar-refractivity contribution in [1.29, 1.82) is 0 Å². The normalized spacial score (nSPS) is 21.7. The van der Waals surface area contributed by atoms with Crippen LogP contribution < -0.4 is 5.32 Å². The maximum atomic E-state index is 10.2. The maximum absolute atomic E-state index is 10.2. The second kappa shape index (κ2) is 4.60. The van der Waals surface area contributed by atoms with Crippen LogP contribution in [0.4, 0.5) is 0 Å². The molecule has 1 aromatic heterocycles. The lowest BCUT2D eigenvalue weighted by Crippen LogP contribution is -2.38. The monoisotopic (exact) mass is 226 g/mol. The van der Waals surface area contributed by atoms with Crippen molar-refractivity contribution in [3.63, 3.8) is 0 Å². The van der Waals surface area contributed by atoms with Crippen molar-refractivity contribution in [2.45, 2.75) is 44.2 Å². The topological polar surface area (TPSA) is 45.1 Å². The number of hydrogen-bond donors (Lipinski definition) is 2. The van der Waals surface area contributed by atoms with Crippen molar-refractivity contribution in [3.8, 4) is 0 Å². The van der Waals surface area contributed by atoms with Gasteiger partial charge in [-0.1, -0.05) is 12.8 Å². The molecule has 2 rings (SSSR count). The molecule has 1 unspecified atom stereocenters. The van der Waals surface area contributed by atoms with E-state index in [1.54, 1.807) is 11.3 Å². The Bertz CT molecular complexity index is 294. The third-order valence-corrected chi connectivity index (χ3v) is 4.11. The van der Waals surface area contributed by atoms with Crippen LogP contribution in [0.1, 0.15) is 43.5 Å². The van der Waals surface area contributed by atoms with Crippen LogP contribution in [0.2, 0.25) is 0 Å². The molecule has 4 heteroatoms. The van der Waals surface area contributed by atoms with Gasteiger partial charge in [0.1, 0.15) is 0 Å². The number of aromatic nitrogens is 1. The molecular formula is C11H18N2OS. The number of rotatable bonds is 4. The maximum Gasteiger partial charge on any atom is 0.0794 e. The van der Waals surface area contributed by atoms with E-state index in [1.807, 2.05) is 11.7 Å². The smallest absolute Gasteiger partial charge is 0.0794 e. The van der Waals surface area contributed by atoms with Gasteiger partial charge in [0, 0.05) is 23.7 Å². The second-order valence-electron chi connectivity index (χ2n) is 4.44. The van der Waals surface area contributed by atoms with Crippen molar-refractivity contribution in [1.82, 2.24) is 10.3 Å². The average Bonchev–Trinajstić information content (AvgIpc) is 2.85. The zero-order valence-corrected chi connectivity index (χ0v) is 9.89. The molecule has 1 atom stereocenters. The largest absolute Gasteiger partial charge is 0.389 e. The summed E-state index contributed by atoms with van der Waals surface area (Å²) in [6.07, 6.45) is 6.09. The first-order valence-corrected chi connectivity index (χ1v) is 6.42. The average molecular weight is 226 g/mol. The summed E-state index contributed by atoms with van der Waals surface area (Å²) in [5, 5.41) is 13.6. The lowest BCUT2D eigenvalue weighted by molar-refractivity contribution is 0.0454. The Labute approximate surface area is 94.5 Å². The fraction of sp³-hybridized carbons (Fsp3) is 0.727. The summed E-state index contributed by atoms with van der Waals surface area (Å²) in [4.78, 5) is 5.29. The molecule has 1 fully saturated rings.